The summed E-state index contributed by atoms with van der Waals surface area (Å²) in [5.74, 6) is -1.11. The van der Waals surface area contributed by atoms with Crippen molar-refractivity contribution in [2.45, 2.75) is 6.54 Å². The Labute approximate surface area is 161 Å². The normalized spacial score (nSPS) is 10.6. The maximum atomic E-state index is 14.2. The van der Waals surface area contributed by atoms with Gasteiger partial charge in [0.05, 0.1) is 29.1 Å². The van der Waals surface area contributed by atoms with Crippen LogP contribution >= 0.6 is 23.2 Å². The summed E-state index contributed by atoms with van der Waals surface area (Å²) in [5.41, 5.74) is 2.59. The maximum absolute atomic E-state index is 14.2. The Morgan fingerprint density at radius 1 is 1.04 bits per heavy atom. The zero-order valence-corrected chi connectivity index (χ0v) is 15.2. The highest BCUT2D eigenvalue weighted by Gasteiger charge is 2.18. The quantitative estimate of drug-likeness (QED) is 0.554. The van der Waals surface area contributed by atoms with E-state index in [-0.39, 0.29) is 23.4 Å². The molecule has 26 heavy (non-hydrogen) atoms. The molecule has 0 aliphatic carbocycles. The lowest BCUT2D eigenvalue weighted by Crippen LogP contribution is -2.31. The van der Waals surface area contributed by atoms with E-state index >= 15 is 0 Å². The lowest BCUT2D eigenvalue weighted by atomic mass is 10.1. The van der Waals surface area contributed by atoms with E-state index in [1.165, 1.54) is 11.0 Å². The summed E-state index contributed by atoms with van der Waals surface area (Å²) < 4.78 is 14.2. The number of benzene rings is 2. The monoisotopic (exact) mass is 388 g/mol. The standard InChI is InChI=1S/C20H15Cl2FN2O/c21-11-19(26)25(13-15-7-4-8-17(22)20(15)23)16-9-10-18(24-12-16)14-5-2-1-3-6-14/h1-10,12H,11,13H2. The van der Waals surface area contributed by atoms with Crippen LogP contribution < -0.4 is 4.90 Å². The third-order valence-electron chi connectivity index (χ3n) is 3.90. The maximum Gasteiger partial charge on any atom is 0.242 e. The van der Waals surface area contributed by atoms with Gasteiger partial charge in [0.2, 0.25) is 5.91 Å². The van der Waals surface area contributed by atoms with Gasteiger partial charge in [-0.15, -0.1) is 11.6 Å². The van der Waals surface area contributed by atoms with Gasteiger partial charge in [-0.2, -0.15) is 0 Å². The number of hydrogen-bond donors (Lipinski definition) is 0. The van der Waals surface area contributed by atoms with Crippen molar-refractivity contribution >= 4 is 34.8 Å². The molecule has 0 atom stereocenters. The summed E-state index contributed by atoms with van der Waals surface area (Å²) in [4.78, 5) is 18.1. The predicted molar refractivity (Wildman–Crippen MR) is 103 cm³/mol. The Kier molecular flexibility index (Phi) is 5.86. The molecule has 3 rings (SSSR count). The van der Waals surface area contributed by atoms with Crippen molar-refractivity contribution in [3.63, 3.8) is 0 Å². The van der Waals surface area contributed by atoms with Gasteiger partial charge in [-0.25, -0.2) is 4.39 Å². The first kappa shape index (κ1) is 18.4. The molecule has 0 radical (unpaired) electrons. The number of pyridine rings is 1. The van der Waals surface area contributed by atoms with Crippen molar-refractivity contribution in [1.29, 1.82) is 0 Å². The van der Waals surface area contributed by atoms with Crippen molar-refractivity contribution in [3.8, 4) is 11.3 Å². The zero-order chi connectivity index (χ0) is 18.5. The van der Waals surface area contributed by atoms with Crippen LogP contribution in [0.25, 0.3) is 11.3 Å². The fourth-order valence-electron chi connectivity index (χ4n) is 2.56. The third kappa shape index (κ3) is 4.03. The summed E-state index contributed by atoms with van der Waals surface area (Å²) in [6, 6.07) is 17.9. The zero-order valence-electron chi connectivity index (χ0n) is 13.7. The Morgan fingerprint density at radius 3 is 2.46 bits per heavy atom. The van der Waals surface area contributed by atoms with E-state index in [2.05, 4.69) is 4.98 Å². The van der Waals surface area contributed by atoms with Gasteiger partial charge in [0, 0.05) is 11.1 Å². The van der Waals surface area contributed by atoms with E-state index in [1.54, 1.807) is 24.4 Å². The van der Waals surface area contributed by atoms with E-state index < -0.39 is 5.82 Å². The molecule has 132 valence electrons. The van der Waals surface area contributed by atoms with Crippen molar-refractivity contribution < 1.29 is 9.18 Å². The number of nitrogens with zero attached hydrogens (tertiary/aromatic N) is 2. The topological polar surface area (TPSA) is 33.2 Å². The largest absolute Gasteiger partial charge is 0.305 e. The third-order valence-corrected chi connectivity index (χ3v) is 4.43. The Bertz CT molecular complexity index is 901. The first-order valence-electron chi connectivity index (χ1n) is 7.91. The van der Waals surface area contributed by atoms with Gasteiger partial charge in [-0.1, -0.05) is 54.1 Å². The van der Waals surface area contributed by atoms with Gasteiger partial charge < -0.3 is 4.90 Å². The van der Waals surface area contributed by atoms with Gasteiger partial charge in [-0.05, 0) is 18.2 Å². The Hall–Kier alpha value is -2.43. The van der Waals surface area contributed by atoms with E-state index in [0.29, 0.717) is 11.3 Å². The SMILES string of the molecule is O=C(CCl)N(Cc1cccc(Cl)c1F)c1ccc(-c2ccccc2)nc1. The molecule has 2 aromatic carbocycles. The molecule has 0 unspecified atom stereocenters. The van der Waals surface area contributed by atoms with Gasteiger partial charge >= 0.3 is 0 Å². The number of aromatic nitrogens is 1. The molecule has 0 bridgehead atoms. The summed E-state index contributed by atoms with van der Waals surface area (Å²) in [6.45, 7) is 0.0182. The molecule has 1 amide bonds. The van der Waals surface area contributed by atoms with Gasteiger partial charge in [-0.3, -0.25) is 9.78 Å². The molecule has 1 aromatic heterocycles. The van der Waals surface area contributed by atoms with Gasteiger partial charge in [0.1, 0.15) is 11.7 Å². The highest BCUT2D eigenvalue weighted by Crippen LogP contribution is 2.24. The van der Waals surface area contributed by atoms with Crippen molar-refractivity contribution in [3.05, 3.63) is 83.3 Å². The lowest BCUT2D eigenvalue weighted by molar-refractivity contribution is -0.116. The molecule has 0 N–H and O–H groups in total. The van der Waals surface area contributed by atoms with Crippen LogP contribution in [0.15, 0.2) is 66.9 Å². The van der Waals surface area contributed by atoms with Crippen LogP contribution in [0.3, 0.4) is 0 Å². The molecule has 0 saturated heterocycles. The molecule has 6 heteroatoms. The van der Waals surface area contributed by atoms with Gasteiger partial charge in [0.25, 0.3) is 0 Å². The molecular weight excluding hydrogens is 374 g/mol. The van der Waals surface area contributed by atoms with E-state index in [4.69, 9.17) is 23.2 Å². The number of anilines is 1. The number of carbonyl (C=O) groups excluding carboxylic acids is 1. The first-order valence-corrected chi connectivity index (χ1v) is 8.82. The average Bonchev–Trinajstić information content (AvgIpc) is 2.69. The lowest BCUT2D eigenvalue weighted by Gasteiger charge is -2.22. The fourth-order valence-corrected chi connectivity index (χ4v) is 2.90. The number of hydrogen-bond acceptors (Lipinski definition) is 2. The molecule has 0 aliphatic heterocycles. The molecule has 1 heterocycles. The minimum Gasteiger partial charge on any atom is -0.305 e. The second kappa shape index (κ2) is 8.30. The van der Waals surface area contributed by atoms with Crippen molar-refractivity contribution in [1.82, 2.24) is 4.98 Å². The van der Waals surface area contributed by atoms with Crippen molar-refractivity contribution in [2.75, 3.05) is 10.8 Å². The van der Waals surface area contributed by atoms with Crippen molar-refractivity contribution in [2.24, 2.45) is 0 Å². The Balaban J connectivity index is 1.91. The molecule has 3 aromatic rings. The fraction of sp³-hybridized carbons (Fsp3) is 0.100. The van der Waals surface area contributed by atoms with E-state index in [0.717, 1.165) is 11.3 Å². The van der Waals surface area contributed by atoms with E-state index in [1.807, 2.05) is 36.4 Å². The van der Waals surface area contributed by atoms with Gasteiger partial charge in [0.15, 0.2) is 0 Å². The number of rotatable bonds is 5. The number of carbonyl (C=O) groups is 1. The summed E-state index contributed by atoms with van der Waals surface area (Å²) in [5, 5.41) is 0.0123. The number of halogens is 3. The smallest absolute Gasteiger partial charge is 0.242 e. The second-order valence-corrected chi connectivity index (χ2v) is 6.27. The molecule has 0 fully saturated rings. The van der Waals surface area contributed by atoms with Crippen LogP contribution in [0.2, 0.25) is 5.02 Å². The summed E-state index contributed by atoms with van der Waals surface area (Å²) in [6.07, 6.45) is 1.58. The molecule has 3 nitrogen and oxygen atoms in total. The molecular formula is C20H15Cl2FN2O. The van der Waals surface area contributed by atoms with Crippen LogP contribution in [0.5, 0.6) is 0 Å². The predicted octanol–water partition coefficient (Wildman–Crippen LogP) is 5.31. The van der Waals surface area contributed by atoms with Crippen LogP contribution in [-0.2, 0) is 11.3 Å². The second-order valence-electron chi connectivity index (χ2n) is 5.59. The van der Waals surface area contributed by atoms with Crippen LogP contribution in [0, 0.1) is 5.82 Å². The van der Waals surface area contributed by atoms with Crippen LogP contribution in [0.4, 0.5) is 10.1 Å². The highest BCUT2D eigenvalue weighted by molar-refractivity contribution is 6.31. The van der Waals surface area contributed by atoms with Crippen LogP contribution in [0.1, 0.15) is 5.56 Å². The average molecular weight is 389 g/mol. The Morgan fingerprint density at radius 2 is 1.81 bits per heavy atom. The van der Waals surface area contributed by atoms with E-state index in [9.17, 15) is 9.18 Å². The summed E-state index contributed by atoms with van der Waals surface area (Å²) >= 11 is 11.6. The summed E-state index contributed by atoms with van der Waals surface area (Å²) in [7, 11) is 0. The number of amides is 1. The molecule has 0 aliphatic rings. The minimum absolute atomic E-state index is 0.0123. The first-order chi connectivity index (χ1) is 12.6. The number of alkyl halides is 1. The minimum atomic E-state index is -0.546. The highest BCUT2D eigenvalue weighted by atomic mass is 35.5. The molecule has 0 saturated carbocycles. The molecule has 0 spiro atoms. The van der Waals surface area contributed by atoms with Crippen LogP contribution in [-0.4, -0.2) is 16.8 Å².